The first-order valence-corrected chi connectivity index (χ1v) is 10.3. The van der Waals surface area contributed by atoms with Gasteiger partial charge in [0, 0.05) is 58.0 Å². The third-order valence-corrected chi connectivity index (χ3v) is 5.81. The highest BCUT2D eigenvalue weighted by atomic mass is 16.3. The van der Waals surface area contributed by atoms with Crippen LogP contribution in [0.5, 0.6) is 0 Å². The van der Waals surface area contributed by atoms with Gasteiger partial charge in [-0.25, -0.2) is 0 Å². The van der Waals surface area contributed by atoms with E-state index in [0.29, 0.717) is 24.1 Å². The van der Waals surface area contributed by atoms with Crippen LogP contribution < -0.4 is 0 Å². The van der Waals surface area contributed by atoms with Crippen molar-refractivity contribution in [1.82, 2.24) is 14.7 Å². The highest BCUT2D eigenvalue weighted by Gasteiger charge is 2.33. The van der Waals surface area contributed by atoms with Gasteiger partial charge in [-0.2, -0.15) is 0 Å². The van der Waals surface area contributed by atoms with Gasteiger partial charge in [0.25, 0.3) is 0 Å². The quantitative estimate of drug-likeness (QED) is 0.842. The summed E-state index contributed by atoms with van der Waals surface area (Å²) >= 11 is 0. The van der Waals surface area contributed by atoms with Gasteiger partial charge in [0.2, 0.25) is 0 Å². The van der Waals surface area contributed by atoms with E-state index in [-0.39, 0.29) is 0 Å². The van der Waals surface area contributed by atoms with E-state index in [2.05, 4.69) is 41.5 Å². The van der Waals surface area contributed by atoms with Crippen LogP contribution in [0.1, 0.15) is 45.8 Å². The number of furan rings is 1. The van der Waals surface area contributed by atoms with Crippen LogP contribution in [0.15, 0.2) is 22.8 Å². The maximum atomic E-state index is 9.53. The second kappa shape index (κ2) is 8.87. The van der Waals surface area contributed by atoms with E-state index in [1.165, 1.54) is 19.4 Å². The van der Waals surface area contributed by atoms with Gasteiger partial charge in [-0.1, -0.05) is 20.8 Å². The van der Waals surface area contributed by atoms with Gasteiger partial charge in [-0.05, 0) is 36.8 Å². The SMILES string of the molecule is CC(C)(C)CN1CCN(C2CCN(Cc3ccco3)CC2)CC1CCO. The third kappa shape index (κ3) is 5.56. The van der Waals surface area contributed by atoms with Gasteiger partial charge >= 0.3 is 0 Å². The molecule has 0 saturated carbocycles. The molecule has 1 unspecified atom stereocenters. The number of nitrogens with zero attached hydrogens (tertiary/aromatic N) is 3. The fourth-order valence-electron chi connectivity index (χ4n) is 4.55. The normalized spacial score (nSPS) is 25.0. The Hall–Kier alpha value is -0.880. The number of hydrogen-bond acceptors (Lipinski definition) is 5. The molecule has 26 heavy (non-hydrogen) atoms. The smallest absolute Gasteiger partial charge is 0.117 e. The minimum atomic E-state index is 0.292. The zero-order chi connectivity index (χ0) is 18.6. The van der Waals surface area contributed by atoms with E-state index in [1.54, 1.807) is 6.26 Å². The summed E-state index contributed by atoms with van der Waals surface area (Å²) in [7, 11) is 0. The highest BCUT2D eigenvalue weighted by Crippen LogP contribution is 2.25. The molecule has 5 heteroatoms. The monoisotopic (exact) mass is 363 g/mol. The Labute approximate surface area is 158 Å². The lowest BCUT2D eigenvalue weighted by Crippen LogP contribution is -2.58. The average molecular weight is 364 g/mol. The van der Waals surface area contributed by atoms with E-state index < -0.39 is 0 Å². The average Bonchev–Trinajstić information content (AvgIpc) is 3.09. The molecule has 0 radical (unpaired) electrons. The Balaban J connectivity index is 1.49. The number of piperazine rings is 1. The van der Waals surface area contributed by atoms with Gasteiger partial charge in [0.05, 0.1) is 12.8 Å². The van der Waals surface area contributed by atoms with Crippen molar-refractivity contribution in [3.8, 4) is 0 Å². The number of aliphatic hydroxyl groups excluding tert-OH is 1. The van der Waals surface area contributed by atoms with Crippen molar-refractivity contribution in [2.24, 2.45) is 5.41 Å². The Bertz CT molecular complexity index is 518. The summed E-state index contributed by atoms with van der Waals surface area (Å²) in [5.41, 5.74) is 0.313. The van der Waals surface area contributed by atoms with E-state index in [1.807, 2.05) is 6.07 Å². The van der Waals surface area contributed by atoms with Gasteiger partial charge in [-0.15, -0.1) is 0 Å². The summed E-state index contributed by atoms with van der Waals surface area (Å²) in [6.45, 7) is 15.0. The molecule has 2 aliphatic heterocycles. The predicted octanol–water partition coefficient (Wildman–Crippen LogP) is 2.66. The van der Waals surface area contributed by atoms with Crippen LogP contribution in [0.2, 0.25) is 0 Å². The number of piperidine rings is 1. The molecular weight excluding hydrogens is 326 g/mol. The van der Waals surface area contributed by atoms with Crippen LogP contribution in [-0.4, -0.2) is 77.8 Å². The van der Waals surface area contributed by atoms with Crippen molar-refractivity contribution in [1.29, 1.82) is 0 Å². The lowest BCUT2D eigenvalue weighted by molar-refractivity contribution is 0.00242. The fourth-order valence-corrected chi connectivity index (χ4v) is 4.55. The van der Waals surface area contributed by atoms with Crippen LogP contribution in [0.3, 0.4) is 0 Å². The fraction of sp³-hybridized carbons (Fsp3) is 0.810. The van der Waals surface area contributed by atoms with Crippen molar-refractivity contribution >= 4 is 0 Å². The van der Waals surface area contributed by atoms with E-state index in [4.69, 9.17) is 4.42 Å². The van der Waals surface area contributed by atoms with Crippen LogP contribution >= 0.6 is 0 Å². The number of aliphatic hydroxyl groups is 1. The molecule has 2 fully saturated rings. The third-order valence-electron chi connectivity index (χ3n) is 5.81. The Kier molecular flexibility index (Phi) is 6.78. The maximum absolute atomic E-state index is 9.53. The molecule has 1 aromatic heterocycles. The lowest BCUT2D eigenvalue weighted by atomic mass is 9.93. The first-order chi connectivity index (χ1) is 12.4. The van der Waals surface area contributed by atoms with Crippen molar-refractivity contribution in [3.63, 3.8) is 0 Å². The number of rotatable bonds is 6. The van der Waals surface area contributed by atoms with Crippen LogP contribution in [-0.2, 0) is 6.54 Å². The summed E-state index contributed by atoms with van der Waals surface area (Å²) in [6.07, 6.45) is 5.14. The largest absolute Gasteiger partial charge is 0.468 e. The first kappa shape index (κ1) is 19.9. The van der Waals surface area contributed by atoms with Crippen LogP contribution in [0.4, 0.5) is 0 Å². The standard InChI is InChI=1S/C21H37N3O2/c1-21(2,3)17-24-12-11-23(15-19(24)8-13-25)18-6-9-22(10-7-18)16-20-5-4-14-26-20/h4-5,14,18-19,25H,6-13,15-17H2,1-3H3. The highest BCUT2D eigenvalue weighted by molar-refractivity contribution is 4.98. The summed E-state index contributed by atoms with van der Waals surface area (Å²) in [4.78, 5) is 7.82. The molecule has 3 rings (SSSR count). The molecule has 0 amide bonds. The van der Waals surface area contributed by atoms with E-state index in [0.717, 1.165) is 51.4 Å². The Morgan fingerprint density at radius 3 is 2.54 bits per heavy atom. The van der Waals surface area contributed by atoms with Crippen LogP contribution in [0, 0.1) is 5.41 Å². The van der Waals surface area contributed by atoms with Gasteiger partial charge in [0.15, 0.2) is 0 Å². The Morgan fingerprint density at radius 2 is 1.92 bits per heavy atom. The lowest BCUT2D eigenvalue weighted by Gasteiger charge is -2.47. The second-order valence-corrected chi connectivity index (χ2v) is 9.28. The molecule has 1 aromatic rings. The van der Waals surface area contributed by atoms with Gasteiger partial charge in [-0.3, -0.25) is 14.7 Å². The zero-order valence-electron chi connectivity index (χ0n) is 16.9. The zero-order valence-corrected chi connectivity index (χ0v) is 16.9. The van der Waals surface area contributed by atoms with Crippen molar-refractivity contribution < 1.29 is 9.52 Å². The molecule has 0 spiro atoms. The molecule has 2 aliphatic rings. The van der Waals surface area contributed by atoms with Gasteiger partial charge in [0.1, 0.15) is 5.76 Å². The molecule has 0 aliphatic carbocycles. The molecule has 5 nitrogen and oxygen atoms in total. The summed E-state index contributed by atoms with van der Waals surface area (Å²) < 4.78 is 5.49. The predicted molar refractivity (Wildman–Crippen MR) is 105 cm³/mol. The summed E-state index contributed by atoms with van der Waals surface area (Å²) in [5, 5.41) is 9.53. The number of likely N-dealkylation sites (tertiary alicyclic amines) is 1. The minimum Gasteiger partial charge on any atom is -0.468 e. The van der Waals surface area contributed by atoms with Crippen molar-refractivity contribution in [2.45, 2.75) is 58.7 Å². The minimum absolute atomic E-state index is 0.292. The number of hydrogen-bond donors (Lipinski definition) is 1. The molecule has 148 valence electrons. The van der Waals surface area contributed by atoms with Crippen molar-refractivity contribution in [3.05, 3.63) is 24.2 Å². The molecule has 0 bridgehead atoms. The second-order valence-electron chi connectivity index (χ2n) is 9.28. The molecule has 1 N–H and O–H groups in total. The van der Waals surface area contributed by atoms with Gasteiger partial charge < -0.3 is 9.52 Å². The first-order valence-electron chi connectivity index (χ1n) is 10.3. The van der Waals surface area contributed by atoms with E-state index >= 15 is 0 Å². The maximum Gasteiger partial charge on any atom is 0.117 e. The molecule has 0 aromatic carbocycles. The molecule has 1 atom stereocenters. The molecule has 3 heterocycles. The summed E-state index contributed by atoms with van der Waals surface area (Å²) in [6, 6.07) is 5.23. The van der Waals surface area contributed by atoms with Crippen molar-refractivity contribution in [2.75, 3.05) is 45.9 Å². The molecular formula is C21H37N3O2. The Morgan fingerprint density at radius 1 is 1.15 bits per heavy atom. The van der Waals surface area contributed by atoms with Crippen LogP contribution in [0.25, 0.3) is 0 Å². The topological polar surface area (TPSA) is 43.1 Å². The summed E-state index contributed by atoms with van der Waals surface area (Å²) in [5.74, 6) is 1.07. The molecule has 2 saturated heterocycles. The van der Waals surface area contributed by atoms with E-state index in [9.17, 15) is 5.11 Å².